The molecule has 0 aromatic rings. The van der Waals surface area contributed by atoms with Gasteiger partial charge in [-0.15, -0.1) is 0 Å². The molecule has 0 bridgehead atoms. The van der Waals surface area contributed by atoms with Crippen LogP contribution in [0.25, 0.3) is 0 Å². The van der Waals surface area contributed by atoms with Crippen LogP contribution in [0.4, 0.5) is 0 Å². The Balaban J connectivity index is 2.47. The van der Waals surface area contributed by atoms with Gasteiger partial charge in [-0.25, -0.2) is 13.1 Å². The van der Waals surface area contributed by atoms with Crippen LogP contribution in [0.1, 0.15) is 26.2 Å². The zero-order chi connectivity index (χ0) is 12.2. The minimum Gasteiger partial charge on any atom is -0.318 e. The van der Waals surface area contributed by atoms with Crippen LogP contribution in [0.3, 0.4) is 0 Å². The van der Waals surface area contributed by atoms with E-state index in [2.05, 4.69) is 16.3 Å². The first-order chi connectivity index (χ1) is 7.46. The molecule has 0 aromatic heterocycles. The average molecular weight is 266 g/mol. The van der Waals surface area contributed by atoms with Crippen LogP contribution in [-0.4, -0.2) is 44.8 Å². The molecule has 4 nitrogen and oxygen atoms in total. The number of hydrogen-bond acceptors (Lipinski definition) is 4. The van der Waals surface area contributed by atoms with Crippen LogP contribution in [0.15, 0.2) is 0 Å². The second-order valence-corrected chi connectivity index (χ2v) is 7.93. The highest BCUT2D eigenvalue weighted by atomic mass is 32.2. The second-order valence-electron chi connectivity index (χ2n) is 4.48. The van der Waals surface area contributed by atoms with Crippen molar-refractivity contribution in [3.8, 4) is 0 Å². The van der Waals surface area contributed by atoms with Gasteiger partial charge in [0.1, 0.15) is 0 Å². The van der Waals surface area contributed by atoms with Crippen LogP contribution in [0, 0.1) is 0 Å². The van der Waals surface area contributed by atoms with E-state index in [1.165, 1.54) is 6.42 Å². The van der Waals surface area contributed by atoms with Gasteiger partial charge in [0.15, 0.2) is 0 Å². The minimum absolute atomic E-state index is 0.159. The van der Waals surface area contributed by atoms with Gasteiger partial charge >= 0.3 is 0 Å². The van der Waals surface area contributed by atoms with Crippen molar-refractivity contribution < 1.29 is 8.42 Å². The number of nitrogens with one attached hydrogen (secondary N) is 2. The van der Waals surface area contributed by atoms with E-state index in [9.17, 15) is 8.42 Å². The normalized spacial score (nSPS) is 21.4. The molecule has 1 rings (SSSR count). The summed E-state index contributed by atoms with van der Waals surface area (Å²) in [5.41, 5.74) is 0. The zero-order valence-electron chi connectivity index (χ0n) is 10.2. The predicted octanol–water partition coefficient (Wildman–Crippen LogP) is 0.799. The van der Waals surface area contributed by atoms with Gasteiger partial charge in [-0.2, -0.15) is 11.8 Å². The quantitative estimate of drug-likeness (QED) is 0.715. The molecule has 96 valence electrons. The molecule has 0 aromatic carbocycles. The van der Waals surface area contributed by atoms with Gasteiger partial charge in [0.05, 0.1) is 5.25 Å². The summed E-state index contributed by atoms with van der Waals surface area (Å²) < 4.78 is 26.6. The summed E-state index contributed by atoms with van der Waals surface area (Å²) in [4.78, 5) is 0. The van der Waals surface area contributed by atoms with E-state index in [0.717, 1.165) is 12.8 Å². The van der Waals surface area contributed by atoms with Gasteiger partial charge < -0.3 is 5.32 Å². The fourth-order valence-corrected chi connectivity index (χ4v) is 3.95. The van der Waals surface area contributed by atoms with Gasteiger partial charge in [-0.3, -0.25) is 0 Å². The first-order valence-corrected chi connectivity index (χ1v) is 8.41. The van der Waals surface area contributed by atoms with Crippen molar-refractivity contribution >= 4 is 21.8 Å². The summed E-state index contributed by atoms with van der Waals surface area (Å²) in [6.45, 7) is 2.79. The molecular weight excluding hydrogens is 244 g/mol. The predicted molar refractivity (Wildman–Crippen MR) is 70.4 cm³/mol. The lowest BCUT2D eigenvalue weighted by molar-refractivity contribution is 0.361. The van der Waals surface area contributed by atoms with Crippen molar-refractivity contribution in [2.75, 3.05) is 26.4 Å². The maximum absolute atomic E-state index is 11.9. The Hall–Kier alpha value is 0.220. The molecule has 1 unspecified atom stereocenters. The standard InChI is InChI=1S/C10H22N2O2S2/c1-9(7-11-2)16(13,14)12-8-10(15-3)5-4-6-10/h9,11-12H,4-8H2,1-3H3. The monoisotopic (exact) mass is 266 g/mol. The molecule has 6 heteroatoms. The van der Waals surface area contributed by atoms with Crippen LogP contribution in [0.2, 0.25) is 0 Å². The van der Waals surface area contributed by atoms with E-state index in [1.54, 1.807) is 25.7 Å². The number of thioether (sulfide) groups is 1. The minimum atomic E-state index is -3.17. The highest BCUT2D eigenvalue weighted by Crippen LogP contribution is 2.42. The Morgan fingerprint density at radius 1 is 1.44 bits per heavy atom. The van der Waals surface area contributed by atoms with E-state index < -0.39 is 10.0 Å². The third-order valence-electron chi connectivity index (χ3n) is 3.31. The summed E-state index contributed by atoms with van der Waals surface area (Å²) in [6.07, 6.45) is 5.52. The van der Waals surface area contributed by atoms with Crippen molar-refractivity contribution in [1.82, 2.24) is 10.0 Å². The second kappa shape index (κ2) is 5.71. The van der Waals surface area contributed by atoms with E-state index in [4.69, 9.17) is 0 Å². The van der Waals surface area contributed by atoms with E-state index in [1.807, 2.05) is 0 Å². The molecular formula is C10H22N2O2S2. The van der Waals surface area contributed by atoms with Crippen molar-refractivity contribution in [3.05, 3.63) is 0 Å². The third-order valence-corrected chi connectivity index (χ3v) is 6.51. The summed E-state index contributed by atoms with van der Waals surface area (Å²) >= 11 is 1.78. The Kier molecular flexibility index (Phi) is 5.10. The largest absolute Gasteiger partial charge is 0.318 e. The lowest BCUT2D eigenvalue weighted by Gasteiger charge is -2.40. The van der Waals surface area contributed by atoms with E-state index in [0.29, 0.717) is 13.1 Å². The summed E-state index contributed by atoms with van der Waals surface area (Å²) in [6, 6.07) is 0. The van der Waals surface area contributed by atoms with Gasteiger partial charge in [0.2, 0.25) is 10.0 Å². The lowest BCUT2D eigenvalue weighted by atomic mass is 9.84. The lowest BCUT2D eigenvalue weighted by Crippen LogP contribution is -2.48. The number of sulfonamides is 1. The maximum Gasteiger partial charge on any atom is 0.215 e. The molecule has 0 aliphatic heterocycles. The molecule has 0 amide bonds. The Bertz CT molecular complexity index is 307. The summed E-state index contributed by atoms with van der Waals surface area (Å²) in [5.74, 6) is 0. The third kappa shape index (κ3) is 3.35. The molecule has 0 spiro atoms. The molecule has 1 saturated carbocycles. The Morgan fingerprint density at radius 2 is 2.06 bits per heavy atom. The topological polar surface area (TPSA) is 58.2 Å². The first-order valence-electron chi connectivity index (χ1n) is 5.64. The SMILES string of the molecule is CNCC(C)S(=O)(=O)NCC1(SC)CCC1. The van der Waals surface area contributed by atoms with Crippen molar-refractivity contribution in [2.45, 2.75) is 36.2 Å². The molecule has 16 heavy (non-hydrogen) atoms. The van der Waals surface area contributed by atoms with Crippen LogP contribution in [0.5, 0.6) is 0 Å². The smallest absolute Gasteiger partial charge is 0.215 e. The average Bonchev–Trinajstić information content (AvgIpc) is 2.17. The van der Waals surface area contributed by atoms with Crippen molar-refractivity contribution in [1.29, 1.82) is 0 Å². The van der Waals surface area contributed by atoms with Gasteiger partial charge in [0, 0.05) is 17.8 Å². The van der Waals surface area contributed by atoms with Crippen molar-refractivity contribution in [2.24, 2.45) is 0 Å². The fraction of sp³-hybridized carbons (Fsp3) is 1.00. The zero-order valence-corrected chi connectivity index (χ0v) is 11.9. The Labute approximate surface area is 103 Å². The molecule has 1 aliphatic rings. The summed E-state index contributed by atoms with van der Waals surface area (Å²) in [7, 11) is -1.40. The highest BCUT2D eigenvalue weighted by molar-refractivity contribution is 8.00. The molecule has 1 atom stereocenters. The molecule has 2 N–H and O–H groups in total. The van der Waals surface area contributed by atoms with Crippen LogP contribution < -0.4 is 10.0 Å². The van der Waals surface area contributed by atoms with Gasteiger partial charge in [-0.1, -0.05) is 6.42 Å². The van der Waals surface area contributed by atoms with Gasteiger partial charge in [0.25, 0.3) is 0 Å². The molecule has 1 fully saturated rings. The van der Waals surface area contributed by atoms with Crippen LogP contribution in [-0.2, 0) is 10.0 Å². The first kappa shape index (κ1) is 14.3. The van der Waals surface area contributed by atoms with Gasteiger partial charge in [-0.05, 0) is 33.1 Å². The molecule has 0 radical (unpaired) electrons. The summed E-state index contributed by atoms with van der Waals surface area (Å²) in [5, 5.41) is 2.51. The van der Waals surface area contributed by atoms with Crippen molar-refractivity contribution in [3.63, 3.8) is 0 Å². The molecule has 0 saturated heterocycles. The Morgan fingerprint density at radius 3 is 2.44 bits per heavy atom. The van der Waals surface area contributed by atoms with E-state index >= 15 is 0 Å². The number of hydrogen-bond donors (Lipinski definition) is 2. The van der Waals surface area contributed by atoms with E-state index in [-0.39, 0.29) is 10.00 Å². The maximum atomic E-state index is 11.9. The highest BCUT2D eigenvalue weighted by Gasteiger charge is 2.37. The number of rotatable bonds is 7. The fourth-order valence-electron chi connectivity index (χ4n) is 1.80. The molecule has 1 aliphatic carbocycles. The molecule has 0 heterocycles. The van der Waals surface area contributed by atoms with Crippen LogP contribution >= 0.6 is 11.8 Å².